The minimum absolute atomic E-state index is 0.137. The first kappa shape index (κ1) is 23.6. The van der Waals surface area contributed by atoms with Gasteiger partial charge in [-0.1, -0.05) is 43.2 Å². The number of amides is 1. The van der Waals surface area contributed by atoms with E-state index in [1.165, 1.54) is 44.9 Å². The van der Waals surface area contributed by atoms with Gasteiger partial charge in [-0.25, -0.2) is 0 Å². The topological polar surface area (TPSA) is 54.5 Å². The maximum atomic E-state index is 12.4. The molecule has 186 valence electrons. The van der Waals surface area contributed by atoms with Gasteiger partial charge < -0.3 is 10.1 Å². The number of thiophene rings is 1. The Morgan fingerprint density at radius 1 is 1.06 bits per heavy atom. The van der Waals surface area contributed by atoms with Crippen LogP contribution >= 0.6 is 11.3 Å². The summed E-state index contributed by atoms with van der Waals surface area (Å²) in [6.07, 6.45) is 10.3. The van der Waals surface area contributed by atoms with Crippen molar-refractivity contribution in [3.8, 4) is 10.4 Å². The fourth-order valence-corrected chi connectivity index (χ4v) is 6.57. The molecule has 0 atom stereocenters. The first-order chi connectivity index (χ1) is 17.7. The van der Waals surface area contributed by atoms with E-state index in [9.17, 15) is 4.79 Å². The van der Waals surface area contributed by atoms with Crippen LogP contribution in [0.5, 0.6) is 0 Å². The lowest BCUT2D eigenvalue weighted by Gasteiger charge is -2.25. The van der Waals surface area contributed by atoms with Gasteiger partial charge in [0.05, 0.1) is 25.3 Å². The number of nitrogens with zero attached hydrogens (tertiary/aromatic N) is 2. The molecule has 0 radical (unpaired) electrons. The van der Waals surface area contributed by atoms with Gasteiger partial charge in [-0.15, -0.1) is 11.3 Å². The van der Waals surface area contributed by atoms with Gasteiger partial charge >= 0.3 is 0 Å². The lowest BCUT2D eigenvalue weighted by atomic mass is 9.98. The summed E-state index contributed by atoms with van der Waals surface area (Å²) in [5, 5.41) is 3.19. The third-order valence-corrected chi connectivity index (χ3v) is 8.66. The Balaban J connectivity index is 1.14. The average molecular weight is 500 g/mol. The van der Waals surface area contributed by atoms with Crippen molar-refractivity contribution >= 4 is 22.8 Å². The summed E-state index contributed by atoms with van der Waals surface area (Å²) >= 11 is 1.86. The second-order valence-corrected chi connectivity index (χ2v) is 11.3. The van der Waals surface area contributed by atoms with Gasteiger partial charge in [-0.05, 0) is 47.7 Å². The van der Waals surface area contributed by atoms with Crippen LogP contribution in [-0.2, 0) is 28.9 Å². The van der Waals surface area contributed by atoms with Crippen LogP contribution in [0.1, 0.15) is 52.9 Å². The lowest BCUT2D eigenvalue weighted by molar-refractivity contribution is -0.121. The van der Waals surface area contributed by atoms with Gasteiger partial charge in [0.1, 0.15) is 0 Å². The van der Waals surface area contributed by atoms with E-state index in [0.29, 0.717) is 12.5 Å². The summed E-state index contributed by atoms with van der Waals surface area (Å²) < 4.78 is 5.48. The molecule has 2 fully saturated rings. The van der Waals surface area contributed by atoms with E-state index in [1.54, 1.807) is 0 Å². The fraction of sp³-hybridized carbons (Fsp3) is 0.400. The van der Waals surface area contributed by atoms with Crippen LogP contribution in [0.4, 0.5) is 0 Å². The van der Waals surface area contributed by atoms with E-state index in [4.69, 9.17) is 9.72 Å². The van der Waals surface area contributed by atoms with Crippen LogP contribution in [0.15, 0.2) is 54.7 Å². The number of rotatable bonds is 7. The second kappa shape index (κ2) is 10.7. The van der Waals surface area contributed by atoms with Crippen molar-refractivity contribution in [1.29, 1.82) is 0 Å². The van der Waals surface area contributed by atoms with E-state index in [2.05, 4.69) is 58.8 Å². The number of aromatic nitrogens is 1. The molecule has 2 aliphatic carbocycles. The molecule has 0 bridgehead atoms. The van der Waals surface area contributed by atoms with Crippen molar-refractivity contribution in [2.45, 2.75) is 51.1 Å². The molecule has 36 heavy (non-hydrogen) atoms. The summed E-state index contributed by atoms with van der Waals surface area (Å²) in [5.74, 6) is 0.137. The summed E-state index contributed by atoms with van der Waals surface area (Å²) in [6.45, 7) is 4.66. The molecular formula is C30H33N3O2S. The zero-order valence-corrected chi connectivity index (χ0v) is 21.5. The number of hydrogen-bond donors (Lipinski definition) is 1. The molecule has 1 saturated heterocycles. The van der Waals surface area contributed by atoms with E-state index >= 15 is 0 Å². The highest BCUT2D eigenvalue weighted by atomic mass is 32.1. The lowest BCUT2D eigenvalue weighted by Crippen LogP contribution is -2.35. The molecule has 1 saturated carbocycles. The molecule has 1 aliphatic heterocycles. The highest BCUT2D eigenvalue weighted by Crippen LogP contribution is 2.36. The Kier molecular flexibility index (Phi) is 6.99. The third kappa shape index (κ3) is 5.31. The number of pyridine rings is 1. The molecule has 0 spiro atoms. The van der Waals surface area contributed by atoms with Gasteiger partial charge in [-0.3, -0.25) is 14.7 Å². The molecule has 6 rings (SSSR count). The molecule has 3 aromatic rings. The molecule has 3 aliphatic rings. The predicted molar refractivity (Wildman–Crippen MR) is 145 cm³/mol. The number of carbonyl (C=O) groups is 1. The van der Waals surface area contributed by atoms with Crippen LogP contribution in [0.3, 0.4) is 0 Å². The summed E-state index contributed by atoms with van der Waals surface area (Å²) in [4.78, 5) is 22.4. The molecular weight excluding hydrogens is 466 g/mol. The number of benzene rings is 1. The Morgan fingerprint density at radius 2 is 1.86 bits per heavy atom. The Bertz CT molecular complexity index is 1250. The minimum Gasteiger partial charge on any atom is -0.379 e. The normalized spacial score (nSPS) is 18.3. The molecule has 1 aromatic carbocycles. The van der Waals surface area contributed by atoms with Crippen LogP contribution in [0.25, 0.3) is 16.0 Å². The van der Waals surface area contributed by atoms with Gasteiger partial charge in [0, 0.05) is 59.2 Å². The molecule has 5 nitrogen and oxygen atoms in total. The number of nitrogens with one attached hydrogen (secondary N) is 1. The molecule has 0 unspecified atom stereocenters. The van der Waals surface area contributed by atoms with Crippen LogP contribution in [0.2, 0.25) is 0 Å². The smallest absolute Gasteiger partial charge is 0.224 e. The van der Waals surface area contributed by atoms with E-state index in [1.807, 2.05) is 17.5 Å². The summed E-state index contributed by atoms with van der Waals surface area (Å²) in [5.41, 5.74) is 7.03. The van der Waals surface area contributed by atoms with E-state index in [0.717, 1.165) is 63.4 Å². The van der Waals surface area contributed by atoms with Gasteiger partial charge in [0.15, 0.2) is 0 Å². The number of allylic oxidation sites excluding steroid dienone is 1. The minimum atomic E-state index is 0.137. The zero-order chi connectivity index (χ0) is 24.3. The van der Waals surface area contributed by atoms with Crippen molar-refractivity contribution < 1.29 is 9.53 Å². The first-order valence-electron chi connectivity index (χ1n) is 13.2. The largest absolute Gasteiger partial charge is 0.379 e. The standard InChI is InChI=1S/C30H33N3O2S/c34-30(32-24-3-1-2-4-24)17-21-5-7-22(8-6-21)26-10-11-28-27(26)18-23(19-31-28)29-12-9-25(36-29)20-33-13-15-35-16-14-33/h5-10,12,18-19,24H,1-4,11,13-17,20H2,(H,32,34). The fourth-order valence-electron chi connectivity index (χ4n) is 5.54. The second-order valence-electron chi connectivity index (χ2n) is 10.1. The first-order valence-corrected chi connectivity index (χ1v) is 14.0. The van der Waals surface area contributed by atoms with Crippen molar-refractivity contribution in [2.24, 2.45) is 0 Å². The Hall–Kier alpha value is -2.80. The molecule has 1 N–H and O–H groups in total. The van der Waals surface area contributed by atoms with Gasteiger partial charge in [0.2, 0.25) is 5.91 Å². The van der Waals surface area contributed by atoms with Crippen molar-refractivity contribution in [3.63, 3.8) is 0 Å². The van der Waals surface area contributed by atoms with E-state index < -0.39 is 0 Å². The Labute approximate surface area is 217 Å². The number of fused-ring (bicyclic) bond motifs is 1. The highest BCUT2D eigenvalue weighted by Gasteiger charge is 2.20. The number of carbonyl (C=O) groups excluding carboxylic acids is 1. The molecule has 6 heteroatoms. The van der Waals surface area contributed by atoms with Crippen molar-refractivity contribution in [1.82, 2.24) is 15.2 Å². The number of morpholine rings is 1. The SMILES string of the molecule is O=C(Cc1ccc(C2=CCc3ncc(-c4ccc(CN5CCOCC5)s4)cc32)cc1)NC1CCCC1. The highest BCUT2D eigenvalue weighted by molar-refractivity contribution is 7.15. The van der Waals surface area contributed by atoms with Gasteiger partial charge in [0.25, 0.3) is 0 Å². The number of ether oxygens (including phenoxy) is 1. The average Bonchev–Trinajstić information content (AvgIpc) is 3.66. The maximum absolute atomic E-state index is 12.4. The van der Waals surface area contributed by atoms with Crippen LogP contribution < -0.4 is 5.32 Å². The predicted octanol–water partition coefficient (Wildman–Crippen LogP) is 5.23. The Morgan fingerprint density at radius 3 is 2.67 bits per heavy atom. The quantitative estimate of drug-likeness (QED) is 0.484. The maximum Gasteiger partial charge on any atom is 0.224 e. The zero-order valence-electron chi connectivity index (χ0n) is 20.7. The number of hydrogen-bond acceptors (Lipinski definition) is 5. The van der Waals surface area contributed by atoms with Crippen molar-refractivity contribution in [2.75, 3.05) is 26.3 Å². The van der Waals surface area contributed by atoms with Crippen molar-refractivity contribution in [3.05, 3.63) is 82.0 Å². The third-order valence-electron chi connectivity index (χ3n) is 7.54. The molecule has 2 aromatic heterocycles. The summed E-state index contributed by atoms with van der Waals surface area (Å²) in [7, 11) is 0. The van der Waals surface area contributed by atoms with Gasteiger partial charge in [-0.2, -0.15) is 0 Å². The van der Waals surface area contributed by atoms with E-state index in [-0.39, 0.29) is 5.91 Å². The molecule has 3 heterocycles. The van der Waals surface area contributed by atoms with Crippen LogP contribution in [-0.4, -0.2) is 48.1 Å². The summed E-state index contributed by atoms with van der Waals surface area (Å²) in [6, 6.07) is 15.6. The molecule has 1 amide bonds. The van der Waals surface area contributed by atoms with Crippen LogP contribution in [0, 0.1) is 0 Å². The monoisotopic (exact) mass is 499 g/mol.